The van der Waals surface area contributed by atoms with E-state index >= 15 is 0 Å². The molecular weight excluding hydrogens is 364 g/mol. The van der Waals surface area contributed by atoms with Crippen LogP contribution in [0.25, 0.3) is 22.1 Å². The Morgan fingerprint density at radius 1 is 0.931 bits per heavy atom. The van der Waals surface area contributed by atoms with Gasteiger partial charge < -0.3 is 14.3 Å². The lowest BCUT2D eigenvalue weighted by atomic mass is 9.93. The van der Waals surface area contributed by atoms with Crippen molar-refractivity contribution in [3.05, 3.63) is 94.3 Å². The maximum absolute atomic E-state index is 12.9. The van der Waals surface area contributed by atoms with Crippen LogP contribution in [0.5, 0.6) is 11.5 Å². The summed E-state index contributed by atoms with van der Waals surface area (Å²) in [5.74, 6) is 0.845. The van der Waals surface area contributed by atoms with E-state index in [1.807, 2.05) is 68.4 Å². The molecule has 0 saturated carbocycles. The molecule has 3 aromatic carbocycles. The van der Waals surface area contributed by atoms with E-state index < -0.39 is 0 Å². The summed E-state index contributed by atoms with van der Waals surface area (Å²) in [6, 6.07) is 22.0. The fourth-order valence-electron chi connectivity index (χ4n) is 3.27. The fourth-order valence-corrected chi connectivity index (χ4v) is 3.27. The van der Waals surface area contributed by atoms with Gasteiger partial charge in [0.2, 0.25) is 0 Å². The highest BCUT2D eigenvalue weighted by Gasteiger charge is 2.17. The van der Waals surface area contributed by atoms with Gasteiger partial charge >= 0.3 is 5.63 Å². The summed E-state index contributed by atoms with van der Waals surface area (Å²) in [6.07, 6.45) is 0.541. The minimum atomic E-state index is -0.379. The Bertz CT molecular complexity index is 1140. The molecule has 4 heteroatoms. The minimum Gasteiger partial charge on any atom is -0.508 e. The van der Waals surface area contributed by atoms with Gasteiger partial charge in [-0.2, -0.15) is 0 Å². The molecule has 0 aliphatic carbocycles. The average molecular weight is 388 g/mol. The predicted molar refractivity (Wildman–Crippen MR) is 117 cm³/mol. The van der Waals surface area contributed by atoms with Gasteiger partial charge in [0.25, 0.3) is 0 Å². The van der Waals surface area contributed by atoms with Crippen molar-refractivity contribution in [1.82, 2.24) is 0 Å². The molecule has 29 heavy (non-hydrogen) atoms. The van der Waals surface area contributed by atoms with Crippen LogP contribution < -0.4 is 10.4 Å². The Kier molecular flexibility index (Phi) is 6.35. The molecule has 4 rings (SSSR count). The number of rotatable bonds is 4. The quantitative estimate of drug-likeness (QED) is 0.450. The van der Waals surface area contributed by atoms with Crippen molar-refractivity contribution < 1.29 is 14.3 Å². The molecule has 0 atom stereocenters. The topological polar surface area (TPSA) is 59.7 Å². The fraction of sp³-hybridized carbons (Fsp3) is 0.160. The van der Waals surface area contributed by atoms with Crippen LogP contribution in [0.3, 0.4) is 0 Å². The van der Waals surface area contributed by atoms with Crippen LogP contribution in [0.4, 0.5) is 0 Å². The van der Waals surface area contributed by atoms with Crippen LogP contribution in [0.15, 0.2) is 82.0 Å². The van der Waals surface area contributed by atoms with E-state index in [0.29, 0.717) is 23.3 Å². The van der Waals surface area contributed by atoms with Crippen LogP contribution >= 0.6 is 0 Å². The molecule has 0 aliphatic rings. The number of phenols is 1. The van der Waals surface area contributed by atoms with Crippen molar-refractivity contribution in [2.75, 3.05) is 7.11 Å². The Balaban J connectivity index is 0.00000117. The lowest BCUT2D eigenvalue weighted by Gasteiger charge is -2.13. The number of methoxy groups -OCH3 is 1. The second kappa shape index (κ2) is 9.11. The second-order valence-corrected chi connectivity index (χ2v) is 6.31. The van der Waals surface area contributed by atoms with Crippen molar-refractivity contribution in [2.24, 2.45) is 0 Å². The zero-order valence-corrected chi connectivity index (χ0v) is 16.8. The van der Waals surface area contributed by atoms with Crippen molar-refractivity contribution in [3.63, 3.8) is 0 Å². The third-order valence-corrected chi connectivity index (χ3v) is 4.60. The Morgan fingerprint density at radius 3 is 2.28 bits per heavy atom. The second-order valence-electron chi connectivity index (χ2n) is 6.31. The molecule has 0 aliphatic heterocycles. The first-order valence-corrected chi connectivity index (χ1v) is 9.63. The number of aromatic hydroxyl groups is 1. The van der Waals surface area contributed by atoms with Gasteiger partial charge in [-0.3, -0.25) is 0 Å². The van der Waals surface area contributed by atoms with E-state index in [4.69, 9.17) is 9.15 Å². The summed E-state index contributed by atoms with van der Waals surface area (Å²) in [5.41, 5.74) is 3.37. The van der Waals surface area contributed by atoms with E-state index in [1.165, 1.54) is 0 Å². The molecule has 0 amide bonds. The number of ether oxygens (including phenoxy) is 1. The van der Waals surface area contributed by atoms with Gasteiger partial charge in [0, 0.05) is 11.5 Å². The van der Waals surface area contributed by atoms with Crippen molar-refractivity contribution in [3.8, 4) is 22.6 Å². The number of phenolic OH excluding ortho intramolecular Hbond substituents is 1. The molecule has 0 radical (unpaired) electrons. The smallest absolute Gasteiger partial charge is 0.344 e. The van der Waals surface area contributed by atoms with E-state index in [2.05, 4.69) is 0 Å². The zero-order chi connectivity index (χ0) is 20.8. The van der Waals surface area contributed by atoms with Crippen LogP contribution in [-0.4, -0.2) is 12.2 Å². The summed E-state index contributed by atoms with van der Waals surface area (Å²) >= 11 is 0. The highest BCUT2D eigenvalue weighted by atomic mass is 16.5. The molecule has 1 aromatic heterocycles. The van der Waals surface area contributed by atoms with E-state index in [-0.39, 0.29) is 11.4 Å². The van der Waals surface area contributed by atoms with E-state index in [9.17, 15) is 9.90 Å². The molecule has 1 N–H and O–H groups in total. The molecule has 4 nitrogen and oxygen atoms in total. The molecule has 4 aromatic rings. The zero-order valence-electron chi connectivity index (χ0n) is 16.8. The van der Waals surface area contributed by atoms with E-state index in [0.717, 1.165) is 22.1 Å². The summed E-state index contributed by atoms with van der Waals surface area (Å²) < 4.78 is 10.9. The van der Waals surface area contributed by atoms with Crippen LogP contribution in [0, 0.1) is 0 Å². The monoisotopic (exact) mass is 388 g/mol. The average Bonchev–Trinajstić information content (AvgIpc) is 2.77. The SMILES string of the molecule is CC.COc1ccc2c(Cc3ccc(O)cc3)c(-c3ccccc3)c(=O)oc2c1. The van der Waals surface area contributed by atoms with Gasteiger partial charge in [-0.25, -0.2) is 4.79 Å². The third-order valence-electron chi connectivity index (χ3n) is 4.60. The molecule has 0 unspecified atom stereocenters. The summed E-state index contributed by atoms with van der Waals surface area (Å²) in [7, 11) is 1.58. The van der Waals surface area contributed by atoms with E-state index in [1.54, 1.807) is 25.3 Å². The van der Waals surface area contributed by atoms with Crippen molar-refractivity contribution in [1.29, 1.82) is 0 Å². The minimum absolute atomic E-state index is 0.212. The molecule has 0 spiro atoms. The summed E-state index contributed by atoms with van der Waals surface area (Å²) in [5, 5.41) is 10.4. The van der Waals surface area contributed by atoms with Crippen molar-refractivity contribution >= 4 is 11.0 Å². The van der Waals surface area contributed by atoms with Gasteiger partial charge in [-0.1, -0.05) is 56.3 Å². The molecular formula is C25H24O4. The Labute approximate surface area is 170 Å². The number of fused-ring (bicyclic) bond motifs is 1. The van der Waals surface area contributed by atoms with Crippen LogP contribution in [0.1, 0.15) is 25.0 Å². The molecule has 0 saturated heterocycles. The number of benzene rings is 3. The van der Waals surface area contributed by atoms with Crippen LogP contribution in [-0.2, 0) is 6.42 Å². The third kappa shape index (κ3) is 4.32. The summed E-state index contributed by atoms with van der Waals surface area (Å²) in [6.45, 7) is 4.00. The maximum atomic E-state index is 12.9. The lowest BCUT2D eigenvalue weighted by Crippen LogP contribution is -2.09. The van der Waals surface area contributed by atoms with Gasteiger partial charge in [-0.15, -0.1) is 0 Å². The Morgan fingerprint density at radius 2 is 1.62 bits per heavy atom. The van der Waals surface area contributed by atoms with Gasteiger partial charge in [-0.05, 0) is 47.4 Å². The van der Waals surface area contributed by atoms with Gasteiger partial charge in [0.1, 0.15) is 17.1 Å². The molecule has 148 valence electrons. The van der Waals surface area contributed by atoms with Gasteiger partial charge in [0.15, 0.2) is 0 Å². The number of hydrogen-bond donors (Lipinski definition) is 1. The predicted octanol–water partition coefficient (Wildman–Crippen LogP) is 5.79. The number of hydrogen-bond acceptors (Lipinski definition) is 4. The molecule has 1 heterocycles. The summed E-state index contributed by atoms with van der Waals surface area (Å²) in [4.78, 5) is 12.9. The van der Waals surface area contributed by atoms with Crippen LogP contribution in [0.2, 0.25) is 0 Å². The highest BCUT2D eigenvalue weighted by molar-refractivity contribution is 5.88. The van der Waals surface area contributed by atoms with Crippen molar-refractivity contribution in [2.45, 2.75) is 20.3 Å². The largest absolute Gasteiger partial charge is 0.508 e. The standard InChI is InChI=1S/C23H18O4.C2H6/c1-26-18-11-12-19-20(13-15-7-9-17(24)10-8-15)22(16-5-3-2-4-6-16)23(25)27-21(19)14-18;1-2/h2-12,14,24H,13H2,1H3;1-2H3. The highest BCUT2D eigenvalue weighted by Crippen LogP contribution is 2.31. The normalized spacial score (nSPS) is 10.3. The lowest BCUT2D eigenvalue weighted by molar-refractivity contribution is 0.414. The maximum Gasteiger partial charge on any atom is 0.344 e. The first-order chi connectivity index (χ1) is 14.2. The molecule has 0 bridgehead atoms. The first kappa shape index (κ1) is 20.2. The first-order valence-electron chi connectivity index (χ1n) is 9.63. The Hall–Kier alpha value is -3.53. The van der Waals surface area contributed by atoms with Gasteiger partial charge in [0.05, 0.1) is 12.7 Å². The molecule has 0 fully saturated rings.